The lowest BCUT2D eigenvalue weighted by molar-refractivity contribution is -0.143. The second kappa shape index (κ2) is 6.66. The zero-order valence-electron chi connectivity index (χ0n) is 9.83. The zero-order valence-corrected chi connectivity index (χ0v) is 10.6. The van der Waals surface area contributed by atoms with Crippen LogP contribution in [0.1, 0.15) is 36.9 Å². The molecule has 100 valence electrons. The maximum atomic E-state index is 12.6. The first-order valence-electron chi connectivity index (χ1n) is 5.43. The first-order valence-corrected chi connectivity index (χ1v) is 5.81. The van der Waals surface area contributed by atoms with Crippen molar-refractivity contribution < 1.29 is 18.3 Å². The molecule has 0 unspecified atom stereocenters. The number of carbonyl (C=O) groups excluding carboxylic acids is 1. The molecule has 0 aromatic heterocycles. The van der Waals surface area contributed by atoms with Crippen molar-refractivity contribution in [2.75, 3.05) is 6.61 Å². The van der Waals surface area contributed by atoms with Crippen molar-refractivity contribution >= 4 is 17.6 Å². The van der Waals surface area contributed by atoms with Crippen molar-refractivity contribution in [2.45, 2.75) is 25.8 Å². The lowest BCUT2D eigenvalue weighted by atomic mass is 10.0. The summed E-state index contributed by atoms with van der Waals surface area (Å²) >= 11 is 5.73. The maximum absolute atomic E-state index is 12.6. The van der Waals surface area contributed by atoms with Crippen molar-refractivity contribution in [2.24, 2.45) is 5.73 Å². The minimum Gasteiger partial charge on any atom is -0.466 e. The van der Waals surface area contributed by atoms with Crippen LogP contribution in [0.3, 0.4) is 0 Å². The van der Waals surface area contributed by atoms with Gasteiger partial charge in [0.1, 0.15) is 0 Å². The third kappa shape index (κ3) is 4.23. The Morgan fingerprint density at radius 1 is 1.39 bits per heavy atom. The molecule has 0 aliphatic carbocycles. The Kier molecular flexibility index (Phi) is 5.50. The maximum Gasteiger partial charge on any atom is 0.307 e. The molecule has 1 atom stereocenters. The molecule has 1 aromatic carbocycles. The molecule has 3 nitrogen and oxygen atoms in total. The molecule has 0 spiro atoms. The van der Waals surface area contributed by atoms with E-state index in [2.05, 4.69) is 0 Å². The second-order valence-corrected chi connectivity index (χ2v) is 4.17. The molecule has 1 rings (SSSR count). The number of halogens is 3. The van der Waals surface area contributed by atoms with Crippen LogP contribution in [0.15, 0.2) is 18.2 Å². The van der Waals surface area contributed by atoms with Gasteiger partial charge in [-0.3, -0.25) is 4.79 Å². The molecule has 0 saturated heterocycles. The predicted octanol–water partition coefficient (Wildman–Crippen LogP) is 3.23. The highest BCUT2D eigenvalue weighted by Gasteiger charge is 2.16. The topological polar surface area (TPSA) is 52.3 Å². The van der Waals surface area contributed by atoms with Crippen LogP contribution in [-0.2, 0) is 9.53 Å². The standard InChI is InChI=1S/C12H14ClF2NO2/c1-2-18-11(17)6-10(16)7-3-8(12(14)15)5-9(13)4-7/h3-5,10,12H,2,6,16H2,1H3/t10-/m0/s1. The summed E-state index contributed by atoms with van der Waals surface area (Å²) in [6.45, 7) is 1.93. The van der Waals surface area contributed by atoms with Crippen molar-refractivity contribution in [1.29, 1.82) is 0 Å². The van der Waals surface area contributed by atoms with Gasteiger partial charge < -0.3 is 10.5 Å². The van der Waals surface area contributed by atoms with E-state index < -0.39 is 18.4 Å². The van der Waals surface area contributed by atoms with Gasteiger partial charge in [0.25, 0.3) is 6.43 Å². The SMILES string of the molecule is CCOC(=O)C[C@H](N)c1cc(Cl)cc(C(F)F)c1. The van der Waals surface area contributed by atoms with E-state index in [0.29, 0.717) is 5.56 Å². The fourth-order valence-electron chi connectivity index (χ4n) is 1.49. The van der Waals surface area contributed by atoms with Crippen LogP contribution in [0.5, 0.6) is 0 Å². The molecule has 0 aliphatic rings. The molecule has 0 aliphatic heterocycles. The van der Waals surface area contributed by atoms with Crippen molar-refractivity contribution in [1.82, 2.24) is 0 Å². The average molecular weight is 278 g/mol. The van der Waals surface area contributed by atoms with Gasteiger partial charge in [-0.15, -0.1) is 0 Å². The van der Waals surface area contributed by atoms with Crippen LogP contribution in [0.4, 0.5) is 8.78 Å². The predicted molar refractivity (Wildman–Crippen MR) is 64.6 cm³/mol. The van der Waals surface area contributed by atoms with E-state index in [1.165, 1.54) is 18.2 Å². The summed E-state index contributed by atoms with van der Waals surface area (Å²) in [5.74, 6) is -0.469. The van der Waals surface area contributed by atoms with Crippen molar-refractivity contribution in [3.05, 3.63) is 34.3 Å². The summed E-state index contributed by atoms with van der Waals surface area (Å²) in [6, 6.07) is 3.19. The minimum absolute atomic E-state index is 0.0726. The van der Waals surface area contributed by atoms with E-state index in [9.17, 15) is 13.6 Å². The number of alkyl halides is 2. The van der Waals surface area contributed by atoms with E-state index in [0.717, 1.165) is 0 Å². The largest absolute Gasteiger partial charge is 0.466 e. The lowest BCUT2D eigenvalue weighted by Crippen LogP contribution is -2.17. The molecule has 0 saturated carbocycles. The molecule has 6 heteroatoms. The van der Waals surface area contributed by atoms with Gasteiger partial charge in [0, 0.05) is 16.6 Å². The summed E-state index contributed by atoms with van der Waals surface area (Å²) in [5.41, 5.74) is 5.94. The molecule has 0 radical (unpaired) electrons. The van der Waals surface area contributed by atoms with Gasteiger partial charge in [-0.05, 0) is 30.7 Å². The highest BCUT2D eigenvalue weighted by Crippen LogP contribution is 2.27. The molecule has 1 aromatic rings. The highest BCUT2D eigenvalue weighted by molar-refractivity contribution is 6.30. The Balaban J connectivity index is 2.85. The number of ether oxygens (including phenoxy) is 1. The molecular formula is C12H14ClF2NO2. The molecule has 18 heavy (non-hydrogen) atoms. The Hall–Kier alpha value is -1.20. The Labute approximate surface area is 109 Å². The van der Waals surface area contributed by atoms with Crippen LogP contribution in [0.2, 0.25) is 5.02 Å². The summed E-state index contributed by atoms with van der Waals surface area (Å²) in [4.78, 5) is 11.2. The fraction of sp³-hybridized carbons (Fsp3) is 0.417. The summed E-state index contributed by atoms with van der Waals surface area (Å²) in [7, 11) is 0. The first kappa shape index (κ1) is 14.9. The number of carbonyl (C=O) groups is 1. The van der Waals surface area contributed by atoms with Crippen molar-refractivity contribution in [3.63, 3.8) is 0 Å². The van der Waals surface area contributed by atoms with Crippen LogP contribution in [0, 0.1) is 0 Å². The fourth-order valence-corrected chi connectivity index (χ4v) is 1.75. The van der Waals surface area contributed by atoms with E-state index in [4.69, 9.17) is 22.1 Å². The summed E-state index contributed by atoms with van der Waals surface area (Å²) in [5, 5.41) is 0.169. The van der Waals surface area contributed by atoms with Gasteiger partial charge in [0.15, 0.2) is 0 Å². The number of nitrogens with two attached hydrogens (primary N) is 1. The average Bonchev–Trinajstić information content (AvgIpc) is 2.28. The second-order valence-electron chi connectivity index (χ2n) is 3.73. The molecule has 0 heterocycles. The van der Waals surface area contributed by atoms with E-state index >= 15 is 0 Å². The molecule has 0 bridgehead atoms. The summed E-state index contributed by atoms with van der Waals surface area (Å²) in [6.07, 6.45) is -2.70. The summed E-state index contributed by atoms with van der Waals surface area (Å²) < 4.78 is 29.9. The Morgan fingerprint density at radius 2 is 2.00 bits per heavy atom. The normalized spacial score (nSPS) is 12.6. The third-order valence-corrected chi connectivity index (χ3v) is 2.53. The highest BCUT2D eigenvalue weighted by atomic mass is 35.5. The van der Waals surface area contributed by atoms with Gasteiger partial charge in [-0.25, -0.2) is 8.78 Å². The monoisotopic (exact) mass is 277 g/mol. The van der Waals surface area contributed by atoms with Gasteiger partial charge in [-0.1, -0.05) is 11.6 Å². The van der Waals surface area contributed by atoms with Crippen molar-refractivity contribution in [3.8, 4) is 0 Å². The van der Waals surface area contributed by atoms with Gasteiger partial charge >= 0.3 is 5.97 Å². The molecule has 2 N–H and O–H groups in total. The van der Waals surface area contributed by atoms with E-state index in [1.807, 2.05) is 0 Å². The lowest BCUT2D eigenvalue weighted by Gasteiger charge is -2.13. The number of rotatable bonds is 5. The van der Waals surface area contributed by atoms with Gasteiger partial charge in [0.2, 0.25) is 0 Å². The molecule has 0 fully saturated rings. The third-order valence-electron chi connectivity index (χ3n) is 2.31. The van der Waals surface area contributed by atoms with Gasteiger partial charge in [-0.2, -0.15) is 0 Å². The van der Waals surface area contributed by atoms with Crippen LogP contribution in [0.25, 0.3) is 0 Å². The quantitative estimate of drug-likeness (QED) is 0.841. The number of hydrogen-bond acceptors (Lipinski definition) is 3. The molecular weight excluding hydrogens is 264 g/mol. The minimum atomic E-state index is -2.63. The number of esters is 1. The van der Waals surface area contributed by atoms with E-state index in [-0.39, 0.29) is 23.6 Å². The van der Waals surface area contributed by atoms with Crippen LogP contribution < -0.4 is 5.73 Å². The zero-order chi connectivity index (χ0) is 13.7. The van der Waals surface area contributed by atoms with Gasteiger partial charge in [0.05, 0.1) is 13.0 Å². The van der Waals surface area contributed by atoms with Crippen LogP contribution >= 0.6 is 11.6 Å². The van der Waals surface area contributed by atoms with E-state index in [1.54, 1.807) is 6.92 Å². The first-order chi connectivity index (χ1) is 8.43. The van der Waals surface area contributed by atoms with Crippen LogP contribution in [-0.4, -0.2) is 12.6 Å². The Morgan fingerprint density at radius 3 is 2.56 bits per heavy atom. The molecule has 0 amide bonds. The number of hydrogen-bond donors (Lipinski definition) is 1. The Bertz CT molecular complexity index is 427. The smallest absolute Gasteiger partial charge is 0.307 e. The number of benzene rings is 1.